The minimum absolute atomic E-state index is 0.284. The summed E-state index contributed by atoms with van der Waals surface area (Å²) in [5.41, 5.74) is 0. The first-order chi connectivity index (χ1) is 12.3. The topological polar surface area (TPSA) is 79.3 Å². The molecule has 0 amide bonds. The van der Waals surface area contributed by atoms with Gasteiger partial charge in [0.2, 0.25) is 11.9 Å². The highest BCUT2D eigenvalue weighted by Gasteiger charge is 2.25. The molecule has 2 saturated heterocycles. The van der Waals surface area contributed by atoms with Crippen LogP contribution < -0.4 is 15.1 Å². The normalized spacial score (nSPS) is 20.8. The van der Waals surface area contributed by atoms with Crippen LogP contribution in [0.4, 0.5) is 17.7 Å². The fraction of sp³-hybridized carbons (Fsp3) is 0.500. The standard InChI is InChI=1S/C16H20BrN7O/c17-12-9-19-16(20-10-12)24-4-2-13(11-24)21-15-18-3-1-14(22-15)23-5-7-25-8-6-23/h1,3,9-10,13H,2,4-8,11H2,(H,18,21,22). The summed E-state index contributed by atoms with van der Waals surface area (Å²) in [7, 11) is 0. The fourth-order valence-corrected chi connectivity index (χ4v) is 3.30. The lowest BCUT2D eigenvalue weighted by atomic mass is 10.3. The van der Waals surface area contributed by atoms with E-state index in [0.717, 1.165) is 62.1 Å². The van der Waals surface area contributed by atoms with Crippen molar-refractivity contribution in [2.75, 3.05) is 54.5 Å². The Kier molecular flexibility index (Phi) is 4.93. The van der Waals surface area contributed by atoms with Gasteiger partial charge in [-0.15, -0.1) is 0 Å². The third-order valence-corrected chi connectivity index (χ3v) is 4.80. The van der Waals surface area contributed by atoms with Gasteiger partial charge in [-0.25, -0.2) is 15.0 Å². The van der Waals surface area contributed by atoms with Crippen molar-refractivity contribution in [1.29, 1.82) is 0 Å². The van der Waals surface area contributed by atoms with Gasteiger partial charge in [0.1, 0.15) is 5.82 Å². The molecule has 25 heavy (non-hydrogen) atoms. The lowest BCUT2D eigenvalue weighted by molar-refractivity contribution is 0.122. The molecule has 2 aromatic heterocycles. The van der Waals surface area contributed by atoms with Gasteiger partial charge < -0.3 is 19.9 Å². The maximum atomic E-state index is 5.40. The predicted molar refractivity (Wildman–Crippen MR) is 99.0 cm³/mol. The quantitative estimate of drug-likeness (QED) is 0.820. The molecular weight excluding hydrogens is 386 g/mol. The molecule has 0 saturated carbocycles. The monoisotopic (exact) mass is 405 g/mol. The number of hydrogen-bond acceptors (Lipinski definition) is 8. The molecule has 2 aromatic rings. The first kappa shape index (κ1) is 16.5. The Labute approximate surface area is 154 Å². The number of rotatable bonds is 4. The smallest absolute Gasteiger partial charge is 0.225 e. The van der Waals surface area contributed by atoms with Gasteiger partial charge in [0.25, 0.3) is 0 Å². The second kappa shape index (κ2) is 7.49. The predicted octanol–water partition coefficient (Wildman–Crippen LogP) is 1.56. The Morgan fingerprint density at radius 1 is 1.08 bits per heavy atom. The lowest BCUT2D eigenvalue weighted by Gasteiger charge is -2.28. The van der Waals surface area contributed by atoms with Crippen LogP contribution in [0, 0.1) is 0 Å². The molecule has 1 atom stereocenters. The molecule has 0 radical (unpaired) electrons. The van der Waals surface area contributed by atoms with Crippen LogP contribution in [-0.2, 0) is 4.74 Å². The molecule has 0 spiro atoms. The fourth-order valence-electron chi connectivity index (χ4n) is 3.10. The van der Waals surface area contributed by atoms with E-state index in [0.29, 0.717) is 5.95 Å². The minimum Gasteiger partial charge on any atom is -0.378 e. The van der Waals surface area contributed by atoms with Crippen LogP contribution in [0.2, 0.25) is 0 Å². The average molecular weight is 406 g/mol. The lowest BCUT2D eigenvalue weighted by Crippen LogP contribution is -2.37. The van der Waals surface area contributed by atoms with Crippen molar-refractivity contribution in [1.82, 2.24) is 19.9 Å². The van der Waals surface area contributed by atoms with E-state index in [4.69, 9.17) is 4.74 Å². The molecule has 2 aliphatic rings. The number of ether oxygens (including phenoxy) is 1. The Morgan fingerprint density at radius 3 is 2.68 bits per heavy atom. The number of anilines is 3. The molecule has 1 unspecified atom stereocenters. The van der Waals surface area contributed by atoms with Crippen molar-refractivity contribution in [2.24, 2.45) is 0 Å². The summed E-state index contributed by atoms with van der Waals surface area (Å²) in [6.45, 7) is 4.99. The van der Waals surface area contributed by atoms with E-state index < -0.39 is 0 Å². The van der Waals surface area contributed by atoms with Crippen molar-refractivity contribution in [3.63, 3.8) is 0 Å². The Bertz CT molecular complexity index is 708. The summed E-state index contributed by atoms with van der Waals surface area (Å²) in [6.07, 6.45) is 6.37. The molecule has 0 aromatic carbocycles. The molecular formula is C16H20BrN7O. The van der Waals surface area contributed by atoms with Crippen molar-refractivity contribution < 1.29 is 4.74 Å². The molecule has 1 N–H and O–H groups in total. The molecule has 8 nitrogen and oxygen atoms in total. The van der Waals surface area contributed by atoms with Crippen LogP contribution in [0.25, 0.3) is 0 Å². The third kappa shape index (κ3) is 3.98. The van der Waals surface area contributed by atoms with Crippen LogP contribution in [0.1, 0.15) is 6.42 Å². The molecule has 4 heterocycles. The average Bonchev–Trinajstić information content (AvgIpc) is 3.12. The number of hydrogen-bond donors (Lipinski definition) is 1. The van der Waals surface area contributed by atoms with Crippen LogP contribution in [0.3, 0.4) is 0 Å². The highest BCUT2D eigenvalue weighted by molar-refractivity contribution is 9.10. The van der Waals surface area contributed by atoms with Crippen molar-refractivity contribution in [2.45, 2.75) is 12.5 Å². The van der Waals surface area contributed by atoms with E-state index in [1.54, 1.807) is 12.4 Å². The molecule has 0 aliphatic carbocycles. The summed E-state index contributed by atoms with van der Waals surface area (Å²) in [4.78, 5) is 22.2. The van der Waals surface area contributed by atoms with Gasteiger partial charge in [-0.1, -0.05) is 0 Å². The molecule has 4 rings (SSSR count). The summed E-state index contributed by atoms with van der Waals surface area (Å²) in [5, 5.41) is 3.44. The summed E-state index contributed by atoms with van der Waals surface area (Å²) < 4.78 is 6.29. The summed E-state index contributed by atoms with van der Waals surface area (Å²) >= 11 is 3.37. The zero-order chi connectivity index (χ0) is 17.1. The van der Waals surface area contributed by atoms with Crippen LogP contribution in [0.5, 0.6) is 0 Å². The van der Waals surface area contributed by atoms with Crippen LogP contribution in [-0.4, -0.2) is 65.4 Å². The van der Waals surface area contributed by atoms with E-state index in [1.807, 2.05) is 12.3 Å². The van der Waals surface area contributed by atoms with Gasteiger partial charge in [0.15, 0.2) is 0 Å². The molecule has 0 bridgehead atoms. The van der Waals surface area contributed by atoms with Gasteiger partial charge in [-0.2, -0.15) is 4.98 Å². The number of nitrogens with zero attached hydrogens (tertiary/aromatic N) is 6. The van der Waals surface area contributed by atoms with E-state index >= 15 is 0 Å². The molecule has 2 fully saturated rings. The van der Waals surface area contributed by atoms with Gasteiger partial charge in [0, 0.05) is 50.8 Å². The first-order valence-corrected chi connectivity index (χ1v) is 9.22. The molecule has 2 aliphatic heterocycles. The summed E-state index contributed by atoms with van der Waals surface area (Å²) in [5.74, 6) is 2.38. The number of halogens is 1. The van der Waals surface area contributed by atoms with E-state index in [9.17, 15) is 0 Å². The Hall–Kier alpha value is -2.00. The van der Waals surface area contributed by atoms with Crippen molar-refractivity contribution in [3.05, 3.63) is 29.1 Å². The van der Waals surface area contributed by atoms with Gasteiger partial charge in [-0.05, 0) is 28.4 Å². The summed E-state index contributed by atoms with van der Waals surface area (Å²) in [6, 6.07) is 2.24. The van der Waals surface area contributed by atoms with E-state index in [-0.39, 0.29) is 6.04 Å². The molecule has 132 valence electrons. The SMILES string of the molecule is Brc1cnc(N2CCC(Nc3nccc(N4CCOCC4)n3)C2)nc1. The maximum Gasteiger partial charge on any atom is 0.225 e. The Morgan fingerprint density at radius 2 is 1.88 bits per heavy atom. The first-order valence-electron chi connectivity index (χ1n) is 8.43. The highest BCUT2D eigenvalue weighted by Crippen LogP contribution is 2.20. The highest BCUT2D eigenvalue weighted by atomic mass is 79.9. The molecule has 9 heteroatoms. The van der Waals surface area contributed by atoms with Crippen LogP contribution >= 0.6 is 15.9 Å². The second-order valence-electron chi connectivity index (χ2n) is 6.12. The second-order valence-corrected chi connectivity index (χ2v) is 7.03. The van der Waals surface area contributed by atoms with Gasteiger partial charge in [-0.3, -0.25) is 0 Å². The minimum atomic E-state index is 0.284. The zero-order valence-electron chi connectivity index (χ0n) is 13.8. The van der Waals surface area contributed by atoms with Crippen molar-refractivity contribution >= 4 is 33.6 Å². The van der Waals surface area contributed by atoms with Crippen molar-refractivity contribution in [3.8, 4) is 0 Å². The largest absolute Gasteiger partial charge is 0.378 e. The van der Waals surface area contributed by atoms with E-state index in [2.05, 4.69) is 51.0 Å². The van der Waals surface area contributed by atoms with Gasteiger partial charge in [0.05, 0.1) is 17.7 Å². The van der Waals surface area contributed by atoms with Crippen LogP contribution in [0.15, 0.2) is 29.1 Å². The third-order valence-electron chi connectivity index (χ3n) is 4.39. The zero-order valence-corrected chi connectivity index (χ0v) is 15.4. The number of aromatic nitrogens is 4. The Balaban J connectivity index is 1.38. The maximum absolute atomic E-state index is 5.40. The number of morpholine rings is 1. The van der Waals surface area contributed by atoms with Gasteiger partial charge >= 0.3 is 0 Å². The number of nitrogens with one attached hydrogen (secondary N) is 1. The van der Waals surface area contributed by atoms with E-state index in [1.165, 1.54) is 0 Å².